The zero-order valence-electron chi connectivity index (χ0n) is 16.0. The van der Waals surface area contributed by atoms with Gasteiger partial charge in [0.2, 0.25) is 6.29 Å². The summed E-state index contributed by atoms with van der Waals surface area (Å²) in [6.07, 6.45) is -2.99. The lowest BCUT2D eigenvalue weighted by Gasteiger charge is -2.30. The van der Waals surface area contributed by atoms with E-state index in [1.165, 1.54) is 14.0 Å². The van der Waals surface area contributed by atoms with Gasteiger partial charge in [0.15, 0.2) is 11.8 Å². The molecule has 0 N–H and O–H groups in total. The third-order valence-corrected chi connectivity index (χ3v) is 4.83. The molecule has 0 saturated carbocycles. The molecule has 0 bridgehead atoms. The minimum atomic E-state index is -1.54. The highest BCUT2D eigenvalue weighted by atomic mass is 19.1. The number of carbonyl (C=O) groups excluding carboxylic acids is 1. The van der Waals surface area contributed by atoms with Crippen molar-refractivity contribution in [1.29, 1.82) is 0 Å². The molecule has 6 heteroatoms. The van der Waals surface area contributed by atoms with Gasteiger partial charge >= 0.3 is 5.97 Å². The zero-order chi connectivity index (χ0) is 20.0. The van der Waals surface area contributed by atoms with Crippen molar-refractivity contribution >= 4 is 5.97 Å². The summed E-state index contributed by atoms with van der Waals surface area (Å²) in [5.74, 6) is -0.614. The highest BCUT2D eigenvalue weighted by Crippen LogP contribution is 2.38. The van der Waals surface area contributed by atoms with Gasteiger partial charge in [0.1, 0.15) is 0 Å². The zero-order valence-corrected chi connectivity index (χ0v) is 16.0. The summed E-state index contributed by atoms with van der Waals surface area (Å²) >= 11 is 0. The maximum Gasteiger partial charge on any atom is 0.338 e. The minimum absolute atomic E-state index is 0.319. The van der Waals surface area contributed by atoms with Crippen LogP contribution in [0, 0.1) is 0 Å². The lowest BCUT2D eigenvalue weighted by Crippen LogP contribution is -2.48. The van der Waals surface area contributed by atoms with E-state index < -0.39 is 30.1 Å². The van der Waals surface area contributed by atoms with Crippen LogP contribution < -0.4 is 0 Å². The fourth-order valence-electron chi connectivity index (χ4n) is 3.27. The van der Waals surface area contributed by atoms with Crippen LogP contribution in [0.15, 0.2) is 60.7 Å². The Bertz CT molecular complexity index is 754. The Morgan fingerprint density at radius 3 is 2.39 bits per heavy atom. The van der Waals surface area contributed by atoms with E-state index >= 15 is 4.39 Å². The van der Waals surface area contributed by atoms with Crippen molar-refractivity contribution in [3.63, 3.8) is 0 Å². The number of alkyl halides is 1. The van der Waals surface area contributed by atoms with Crippen molar-refractivity contribution in [2.45, 2.75) is 44.1 Å². The number of benzene rings is 2. The van der Waals surface area contributed by atoms with E-state index in [1.54, 1.807) is 30.3 Å². The molecule has 0 radical (unpaired) electrons. The number of rotatable bonds is 8. The average Bonchev–Trinajstić information content (AvgIpc) is 2.96. The van der Waals surface area contributed by atoms with Crippen LogP contribution in [0.3, 0.4) is 0 Å². The van der Waals surface area contributed by atoms with Crippen LogP contribution in [-0.4, -0.2) is 43.9 Å². The summed E-state index contributed by atoms with van der Waals surface area (Å²) in [7, 11) is 1.40. The molecule has 1 fully saturated rings. The number of hydrogen-bond donors (Lipinski definition) is 0. The molecule has 0 unspecified atom stereocenters. The Hall–Kier alpha value is -2.28. The summed E-state index contributed by atoms with van der Waals surface area (Å²) < 4.78 is 37.2. The maximum atomic E-state index is 15.2. The Kier molecular flexibility index (Phi) is 6.78. The van der Waals surface area contributed by atoms with E-state index in [4.69, 9.17) is 18.9 Å². The quantitative estimate of drug-likeness (QED) is 0.507. The van der Waals surface area contributed by atoms with Crippen LogP contribution in [0.1, 0.15) is 29.3 Å². The predicted molar refractivity (Wildman–Crippen MR) is 102 cm³/mol. The molecule has 0 aromatic heterocycles. The monoisotopic (exact) mass is 388 g/mol. The van der Waals surface area contributed by atoms with Crippen molar-refractivity contribution in [2.24, 2.45) is 0 Å². The number of halogens is 1. The van der Waals surface area contributed by atoms with E-state index in [0.717, 1.165) is 5.56 Å². The van der Waals surface area contributed by atoms with Gasteiger partial charge < -0.3 is 18.9 Å². The van der Waals surface area contributed by atoms with Crippen molar-refractivity contribution in [3.8, 4) is 0 Å². The van der Waals surface area contributed by atoms with Crippen molar-refractivity contribution in [1.82, 2.24) is 0 Å². The van der Waals surface area contributed by atoms with Gasteiger partial charge in [0.05, 0.1) is 18.3 Å². The molecule has 1 aliphatic heterocycles. The third-order valence-electron chi connectivity index (χ3n) is 4.83. The van der Waals surface area contributed by atoms with E-state index in [0.29, 0.717) is 25.2 Å². The Morgan fingerprint density at radius 1 is 1.11 bits per heavy atom. The molecule has 150 valence electrons. The van der Waals surface area contributed by atoms with Crippen LogP contribution in [0.5, 0.6) is 0 Å². The number of hydrogen-bond acceptors (Lipinski definition) is 5. The Morgan fingerprint density at radius 2 is 1.75 bits per heavy atom. The molecule has 28 heavy (non-hydrogen) atoms. The summed E-state index contributed by atoms with van der Waals surface area (Å²) in [4.78, 5) is 12.4. The van der Waals surface area contributed by atoms with Crippen LogP contribution in [0.2, 0.25) is 0 Å². The van der Waals surface area contributed by atoms with E-state index in [9.17, 15) is 4.79 Å². The fraction of sp³-hybridized carbons (Fsp3) is 0.409. The van der Waals surface area contributed by atoms with Gasteiger partial charge in [0, 0.05) is 20.1 Å². The van der Waals surface area contributed by atoms with Gasteiger partial charge in [-0.3, -0.25) is 0 Å². The molecule has 1 heterocycles. The second-order valence-corrected chi connectivity index (χ2v) is 6.91. The molecular weight excluding hydrogens is 363 g/mol. The molecule has 0 spiro atoms. The van der Waals surface area contributed by atoms with E-state index in [2.05, 4.69) is 0 Å². The number of ether oxygens (including phenoxy) is 4. The standard InChI is InChI=1S/C22H25FO5/c1-22(28-20(24)17-11-7-4-8-12-17)19(23)18(27-21(22)25-2)13-14-26-15-16-9-5-3-6-10-16/h3-12,18-19,21H,13-15H2,1-2H3/t18-,19-,21+,22-/m1/s1. The Balaban J connectivity index is 1.57. The lowest BCUT2D eigenvalue weighted by molar-refractivity contribution is -0.185. The first-order valence-corrected chi connectivity index (χ1v) is 9.27. The van der Waals surface area contributed by atoms with Gasteiger partial charge in [0.25, 0.3) is 0 Å². The summed E-state index contributed by atoms with van der Waals surface area (Å²) in [5.41, 5.74) is -0.144. The normalized spacial score (nSPS) is 26.9. The third kappa shape index (κ3) is 4.58. The van der Waals surface area contributed by atoms with Gasteiger partial charge in [-0.2, -0.15) is 0 Å². The highest BCUT2D eigenvalue weighted by Gasteiger charge is 2.57. The molecule has 0 amide bonds. The van der Waals surface area contributed by atoms with Crippen molar-refractivity contribution in [2.75, 3.05) is 13.7 Å². The first-order valence-electron chi connectivity index (χ1n) is 9.27. The summed E-state index contributed by atoms with van der Waals surface area (Å²) in [5, 5.41) is 0. The second-order valence-electron chi connectivity index (χ2n) is 6.91. The molecule has 2 aromatic rings. The smallest absolute Gasteiger partial charge is 0.338 e. The van der Waals surface area contributed by atoms with Crippen LogP contribution in [0.4, 0.5) is 4.39 Å². The number of esters is 1. The molecule has 5 nitrogen and oxygen atoms in total. The van der Waals surface area contributed by atoms with Gasteiger partial charge in [-0.15, -0.1) is 0 Å². The van der Waals surface area contributed by atoms with E-state index in [1.807, 2.05) is 30.3 Å². The predicted octanol–water partition coefficient (Wildman–Crippen LogP) is 3.92. The highest BCUT2D eigenvalue weighted by molar-refractivity contribution is 5.89. The SMILES string of the molecule is CO[C@H]1O[C@H](CCOCc2ccccc2)[C@@H](F)[C@@]1(C)OC(=O)c1ccccc1. The first-order chi connectivity index (χ1) is 13.5. The Labute approximate surface area is 164 Å². The lowest BCUT2D eigenvalue weighted by atomic mass is 9.97. The first kappa shape index (κ1) is 20.5. The van der Waals surface area contributed by atoms with Gasteiger partial charge in [-0.05, 0) is 24.6 Å². The van der Waals surface area contributed by atoms with Crippen LogP contribution in [-0.2, 0) is 25.6 Å². The second kappa shape index (κ2) is 9.28. The molecule has 4 atom stereocenters. The van der Waals surface area contributed by atoms with Gasteiger partial charge in [-0.1, -0.05) is 48.5 Å². The minimum Gasteiger partial charge on any atom is -0.447 e. The summed E-state index contributed by atoms with van der Waals surface area (Å²) in [6, 6.07) is 18.2. The topological polar surface area (TPSA) is 54.0 Å². The largest absolute Gasteiger partial charge is 0.447 e. The molecule has 3 rings (SSSR count). The van der Waals surface area contributed by atoms with Crippen LogP contribution in [0.25, 0.3) is 0 Å². The fourth-order valence-corrected chi connectivity index (χ4v) is 3.27. The van der Waals surface area contributed by atoms with Crippen LogP contribution >= 0.6 is 0 Å². The van der Waals surface area contributed by atoms with Gasteiger partial charge in [-0.25, -0.2) is 9.18 Å². The molecule has 0 aliphatic carbocycles. The van der Waals surface area contributed by atoms with E-state index in [-0.39, 0.29) is 0 Å². The van der Waals surface area contributed by atoms with Crippen molar-refractivity contribution in [3.05, 3.63) is 71.8 Å². The molecule has 2 aromatic carbocycles. The number of carbonyl (C=O) groups is 1. The summed E-state index contributed by atoms with van der Waals surface area (Å²) in [6.45, 7) is 2.26. The maximum absolute atomic E-state index is 15.2. The number of methoxy groups -OCH3 is 1. The molecule has 1 saturated heterocycles. The molecule has 1 aliphatic rings. The molecular formula is C22H25FO5. The average molecular weight is 388 g/mol. The van der Waals surface area contributed by atoms with Crippen molar-refractivity contribution < 1.29 is 28.1 Å².